The SMILES string of the molecule is CCC(C)(C)NS(=O)(=O)c1ccc(CNC)o1. The Bertz CT molecular complexity index is 463. The van der Waals surface area contributed by atoms with Gasteiger partial charge in [0.05, 0.1) is 6.54 Å². The fourth-order valence-electron chi connectivity index (χ4n) is 1.26. The van der Waals surface area contributed by atoms with Crippen LogP contribution in [-0.4, -0.2) is 21.0 Å². The van der Waals surface area contributed by atoms with Gasteiger partial charge in [0.15, 0.2) is 0 Å². The van der Waals surface area contributed by atoms with E-state index in [-0.39, 0.29) is 5.09 Å². The van der Waals surface area contributed by atoms with E-state index < -0.39 is 15.6 Å². The Hall–Kier alpha value is -0.850. The van der Waals surface area contributed by atoms with Crippen molar-refractivity contribution in [2.45, 2.75) is 44.4 Å². The Labute approximate surface area is 103 Å². The molecule has 98 valence electrons. The van der Waals surface area contributed by atoms with Gasteiger partial charge in [0, 0.05) is 5.54 Å². The van der Waals surface area contributed by atoms with Crippen molar-refractivity contribution in [1.29, 1.82) is 0 Å². The maximum atomic E-state index is 12.0. The highest BCUT2D eigenvalue weighted by molar-refractivity contribution is 7.89. The van der Waals surface area contributed by atoms with Crippen LogP contribution < -0.4 is 10.0 Å². The maximum Gasteiger partial charge on any atom is 0.274 e. The van der Waals surface area contributed by atoms with E-state index in [1.165, 1.54) is 6.07 Å². The second-order valence-corrected chi connectivity index (χ2v) is 6.21. The highest BCUT2D eigenvalue weighted by Gasteiger charge is 2.26. The van der Waals surface area contributed by atoms with E-state index in [0.717, 1.165) is 0 Å². The molecule has 0 aliphatic heterocycles. The van der Waals surface area contributed by atoms with E-state index in [0.29, 0.717) is 18.7 Å². The summed E-state index contributed by atoms with van der Waals surface area (Å²) in [5, 5.41) is 2.86. The molecule has 1 rings (SSSR count). The predicted molar refractivity (Wildman–Crippen MR) is 66.2 cm³/mol. The first-order valence-corrected chi connectivity index (χ1v) is 7.06. The molecule has 0 amide bonds. The number of hydrogen-bond donors (Lipinski definition) is 2. The topological polar surface area (TPSA) is 71.3 Å². The quantitative estimate of drug-likeness (QED) is 0.812. The molecular weight excluding hydrogens is 240 g/mol. The minimum absolute atomic E-state index is 0.0377. The van der Waals surface area contributed by atoms with Crippen molar-refractivity contribution >= 4 is 10.0 Å². The van der Waals surface area contributed by atoms with Gasteiger partial charge in [-0.05, 0) is 39.4 Å². The summed E-state index contributed by atoms with van der Waals surface area (Å²) < 4.78 is 31.9. The number of nitrogens with one attached hydrogen (secondary N) is 2. The van der Waals surface area contributed by atoms with Gasteiger partial charge < -0.3 is 9.73 Å². The highest BCUT2D eigenvalue weighted by Crippen LogP contribution is 2.17. The Balaban J connectivity index is 2.89. The van der Waals surface area contributed by atoms with Crippen molar-refractivity contribution in [1.82, 2.24) is 10.0 Å². The molecule has 0 saturated heterocycles. The molecule has 0 aromatic carbocycles. The summed E-state index contributed by atoms with van der Waals surface area (Å²) in [5.41, 5.74) is -0.477. The van der Waals surface area contributed by atoms with Gasteiger partial charge in [0.2, 0.25) is 5.09 Å². The fourth-order valence-corrected chi connectivity index (χ4v) is 2.69. The molecule has 0 aliphatic carbocycles. The molecule has 0 saturated carbocycles. The third-order valence-corrected chi connectivity index (χ3v) is 4.12. The molecule has 0 aliphatic rings. The van der Waals surface area contributed by atoms with E-state index in [4.69, 9.17) is 4.42 Å². The first kappa shape index (κ1) is 14.2. The monoisotopic (exact) mass is 260 g/mol. The molecule has 0 fully saturated rings. The molecule has 17 heavy (non-hydrogen) atoms. The molecule has 1 aromatic rings. The van der Waals surface area contributed by atoms with Crippen molar-refractivity contribution in [2.24, 2.45) is 0 Å². The molecule has 0 spiro atoms. The van der Waals surface area contributed by atoms with Crippen LogP contribution in [0.15, 0.2) is 21.6 Å². The van der Waals surface area contributed by atoms with Crippen molar-refractivity contribution < 1.29 is 12.8 Å². The van der Waals surface area contributed by atoms with Gasteiger partial charge in [-0.25, -0.2) is 13.1 Å². The molecule has 1 aromatic heterocycles. The smallest absolute Gasteiger partial charge is 0.274 e. The average molecular weight is 260 g/mol. The standard InChI is InChI=1S/C11H20N2O3S/c1-5-11(2,3)13-17(14,15)10-7-6-9(16-10)8-12-4/h6-7,12-13H,5,8H2,1-4H3. The van der Waals surface area contributed by atoms with Crippen molar-refractivity contribution in [3.05, 3.63) is 17.9 Å². The largest absolute Gasteiger partial charge is 0.447 e. The zero-order valence-corrected chi connectivity index (χ0v) is 11.5. The first-order chi connectivity index (χ1) is 7.80. The van der Waals surface area contributed by atoms with Crippen molar-refractivity contribution in [3.8, 4) is 0 Å². The molecule has 0 bridgehead atoms. The Morgan fingerprint density at radius 1 is 1.35 bits per heavy atom. The summed E-state index contributed by atoms with van der Waals surface area (Å²) >= 11 is 0. The maximum absolute atomic E-state index is 12.0. The van der Waals surface area contributed by atoms with Crippen LogP contribution in [-0.2, 0) is 16.6 Å². The summed E-state index contributed by atoms with van der Waals surface area (Å²) in [6, 6.07) is 3.13. The molecular formula is C11H20N2O3S. The van der Waals surface area contributed by atoms with Crippen LogP contribution in [0.2, 0.25) is 0 Å². The van der Waals surface area contributed by atoms with E-state index in [9.17, 15) is 8.42 Å². The molecule has 5 nitrogen and oxygen atoms in total. The summed E-state index contributed by atoms with van der Waals surface area (Å²) in [6.45, 7) is 6.10. The summed E-state index contributed by atoms with van der Waals surface area (Å²) in [5.74, 6) is 0.599. The second-order valence-electron chi connectivity index (χ2n) is 4.59. The van der Waals surface area contributed by atoms with Crippen LogP contribution in [0.25, 0.3) is 0 Å². The van der Waals surface area contributed by atoms with Gasteiger partial charge in [-0.2, -0.15) is 0 Å². The van der Waals surface area contributed by atoms with Gasteiger partial charge >= 0.3 is 0 Å². The first-order valence-electron chi connectivity index (χ1n) is 5.58. The third-order valence-electron chi connectivity index (χ3n) is 2.55. The summed E-state index contributed by atoms with van der Waals surface area (Å²) in [4.78, 5) is 0. The zero-order valence-electron chi connectivity index (χ0n) is 10.7. The molecule has 0 radical (unpaired) electrons. The highest BCUT2D eigenvalue weighted by atomic mass is 32.2. The number of rotatable bonds is 6. The normalized spacial score (nSPS) is 12.9. The Morgan fingerprint density at radius 3 is 2.53 bits per heavy atom. The zero-order chi connectivity index (χ0) is 13.1. The van der Waals surface area contributed by atoms with Crippen molar-refractivity contribution in [2.75, 3.05) is 7.05 Å². The van der Waals surface area contributed by atoms with E-state index >= 15 is 0 Å². The lowest BCUT2D eigenvalue weighted by Gasteiger charge is -2.23. The van der Waals surface area contributed by atoms with Crippen molar-refractivity contribution in [3.63, 3.8) is 0 Å². The number of hydrogen-bond acceptors (Lipinski definition) is 4. The van der Waals surface area contributed by atoms with E-state index in [1.807, 2.05) is 20.8 Å². The third kappa shape index (κ3) is 3.83. The van der Waals surface area contributed by atoms with Crippen LogP contribution in [0.3, 0.4) is 0 Å². The lowest BCUT2D eigenvalue weighted by Crippen LogP contribution is -2.42. The Morgan fingerprint density at radius 2 is 2.00 bits per heavy atom. The summed E-state index contributed by atoms with van der Waals surface area (Å²) in [7, 11) is -1.80. The fraction of sp³-hybridized carbons (Fsp3) is 0.636. The van der Waals surface area contributed by atoms with E-state index in [1.54, 1.807) is 13.1 Å². The van der Waals surface area contributed by atoms with Gasteiger partial charge in [-0.15, -0.1) is 0 Å². The molecule has 0 atom stereocenters. The molecule has 2 N–H and O–H groups in total. The predicted octanol–water partition coefficient (Wildman–Crippen LogP) is 1.47. The summed E-state index contributed by atoms with van der Waals surface area (Å²) in [6.07, 6.45) is 0.705. The van der Waals surface area contributed by atoms with Gasteiger partial charge in [-0.1, -0.05) is 6.92 Å². The number of sulfonamides is 1. The minimum atomic E-state index is -3.57. The van der Waals surface area contributed by atoms with E-state index in [2.05, 4.69) is 10.0 Å². The van der Waals surface area contributed by atoms with Gasteiger partial charge in [-0.3, -0.25) is 0 Å². The second kappa shape index (κ2) is 5.20. The van der Waals surface area contributed by atoms with Gasteiger partial charge in [0.25, 0.3) is 10.0 Å². The molecule has 1 heterocycles. The molecule has 0 unspecified atom stereocenters. The van der Waals surface area contributed by atoms with Crippen LogP contribution in [0, 0.1) is 0 Å². The van der Waals surface area contributed by atoms with Crippen LogP contribution >= 0.6 is 0 Å². The Kier molecular flexibility index (Phi) is 4.35. The lowest BCUT2D eigenvalue weighted by atomic mass is 10.0. The van der Waals surface area contributed by atoms with Crippen LogP contribution in [0.5, 0.6) is 0 Å². The average Bonchev–Trinajstić information content (AvgIpc) is 2.66. The van der Waals surface area contributed by atoms with Crippen LogP contribution in [0.1, 0.15) is 33.0 Å². The van der Waals surface area contributed by atoms with Crippen LogP contribution in [0.4, 0.5) is 0 Å². The van der Waals surface area contributed by atoms with Gasteiger partial charge in [0.1, 0.15) is 5.76 Å². The lowest BCUT2D eigenvalue weighted by molar-refractivity contribution is 0.388. The minimum Gasteiger partial charge on any atom is -0.447 e. The number of furan rings is 1. The molecule has 6 heteroatoms.